The molecule has 3 amide bonds. The van der Waals surface area contributed by atoms with Crippen LogP contribution >= 0.6 is 0 Å². The van der Waals surface area contributed by atoms with Crippen molar-refractivity contribution in [3.8, 4) is 0 Å². The van der Waals surface area contributed by atoms with Gasteiger partial charge < -0.3 is 24.5 Å². The molecule has 2 saturated heterocycles. The molecule has 0 aliphatic carbocycles. The minimum atomic E-state index is -1.24. The predicted molar refractivity (Wildman–Crippen MR) is 149 cm³/mol. The van der Waals surface area contributed by atoms with E-state index in [-0.39, 0.29) is 24.3 Å². The van der Waals surface area contributed by atoms with Crippen molar-refractivity contribution in [3.05, 3.63) is 54.6 Å². The van der Waals surface area contributed by atoms with Gasteiger partial charge >= 0.3 is 0 Å². The number of ether oxygens (including phenoxy) is 1. The molecular formula is C31H41N3O5. The molecule has 4 heterocycles. The summed E-state index contributed by atoms with van der Waals surface area (Å²) in [6, 6.07) is 8.65. The topological polar surface area (TPSA) is 90.4 Å². The van der Waals surface area contributed by atoms with E-state index < -0.39 is 34.6 Å². The van der Waals surface area contributed by atoms with E-state index in [9.17, 15) is 19.5 Å². The van der Waals surface area contributed by atoms with Crippen LogP contribution in [-0.4, -0.2) is 81.7 Å². The van der Waals surface area contributed by atoms with Gasteiger partial charge in [-0.15, -0.1) is 0 Å². The maximum Gasteiger partial charge on any atom is 0.249 e. The van der Waals surface area contributed by atoms with Crippen molar-refractivity contribution in [3.63, 3.8) is 0 Å². The molecule has 1 spiro atoms. The largest absolute Gasteiger partial charge is 0.396 e. The van der Waals surface area contributed by atoms with Crippen LogP contribution in [0.2, 0.25) is 0 Å². The number of hydrogen-bond donors (Lipinski definition) is 1. The zero-order valence-corrected chi connectivity index (χ0v) is 23.5. The molecule has 8 heteroatoms. The summed E-state index contributed by atoms with van der Waals surface area (Å²) in [4.78, 5) is 48.4. The van der Waals surface area contributed by atoms with Gasteiger partial charge in [-0.3, -0.25) is 14.4 Å². The van der Waals surface area contributed by atoms with Crippen LogP contribution in [0, 0.1) is 11.8 Å². The minimum Gasteiger partial charge on any atom is -0.396 e. The number of fused-ring (bicyclic) bond motifs is 2. The van der Waals surface area contributed by atoms with E-state index in [4.69, 9.17) is 4.74 Å². The smallest absolute Gasteiger partial charge is 0.249 e. The summed E-state index contributed by atoms with van der Waals surface area (Å²) < 4.78 is 7.02. The Bertz CT molecular complexity index is 1170. The molecular weight excluding hydrogens is 494 g/mol. The van der Waals surface area contributed by atoms with E-state index in [0.717, 1.165) is 12.1 Å². The third-order valence-corrected chi connectivity index (χ3v) is 8.87. The van der Waals surface area contributed by atoms with Gasteiger partial charge in [-0.2, -0.15) is 0 Å². The lowest BCUT2D eigenvalue weighted by Crippen LogP contribution is -2.59. The Hall–Kier alpha value is -2.97. The fourth-order valence-corrected chi connectivity index (χ4v) is 7.01. The number of likely N-dealkylation sites (tertiary alicyclic amines) is 1. The number of anilines is 1. The Kier molecular flexibility index (Phi) is 7.22. The lowest BCUT2D eigenvalue weighted by atomic mass is 9.73. The molecule has 4 aliphatic rings. The van der Waals surface area contributed by atoms with Gasteiger partial charge in [0.15, 0.2) is 0 Å². The van der Waals surface area contributed by atoms with E-state index in [1.165, 1.54) is 0 Å². The first-order chi connectivity index (χ1) is 18.6. The second kappa shape index (κ2) is 10.2. The standard InChI is InChI=1S/C31H41N3O5/c1-5-30-16-12-19-32(22-14-8-6-9-15-22)26(36)23(30)24-27(37)33(18-10-7-11-21-35)25-28(38)34(29(2,3)4)20-13-17-31(24,25)39-30/h6,8-9,12-17,23-25,35H,5,7,10-11,18-21H2,1-4H3/t23-,24+,25?,30+,31+/m1/s1. The number of para-hydroxylation sites is 1. The number of carbonyl (C=O) groups excluding carboxylic acids is 3. The van der Waals surface area contributed by atoms with Crippen LogP contribution in [0.25, 0.3) is 0 Å². The van der Waals surface area contributed by atoms with Gasteiger partial charge in [0.2, 0.25) is 17.7 Å². The fraction of sp³-hybridized carbons (Fsp3) is 0.581. The highest BCUT2D eigenvalue weighted by Gasteiger charge is 2.75. The molecule has 8 nitrogen and oxygen atoms in total. The molecule has 210 valence electrons. The maximum atomic E-state index is 14.4. The summed E-state index contributed by atoms with van der Waals surface area (Å²) in [5.41, 5.74) is -1.92. The number of unbranched alkanes of at least 4 members (excludes halogenated alkanes) is 2. The van der Waals surface area contributed by atoms with Crippen LogP contribution in [0.4, 0.5) is 5.69 Å². The van der Waals surface area contributed by atoms with Crippen LogP contribution in [-0.2, 0) is 19.1 Å². The van der Waals surface area contributed by atoms with Crippen molar-refractivity contribution in [1.29, 1.82) is 0 Å². The van der Waals surface area contributed by atoms with Gasteiger partial charge in [0.25, 0.3) is 0 Å². The Labute approximate surface area is 231 Å². The number of aliphatic hydroxyl groups excluding tert-OH is 1. The molecule has 5 atom stereocenters. The predicted octanol–water partition coefficient (Wildman–Crippen LogP) is 3.31. The zero-order chi connectivity index (χ0) is 28.0. The number of aliphatic hydroxyl groups is 1. The van der Waals surface area contributed by atoms with Crippen molar-refractivity contribution in [2.24, 2.45) is 11.8 Å². The molecule has 1 aromatic rings. The van der Waals surface area contributed by atoms with Gasteiger partial charge in [-0.05, 0) is 58.6 Å². The summed E-state index contributed by atoms with van der Waals surface area (Å²) in [6.45, 7) is 9.22. The van der Waals surface area contributed by atoms with Gasteiger partial charge in [0.1, 0.15) is 11.6 Å². The molecule has 1 aromatic carbocycles. The highest BCUT2D eigenvalue weighted by atomic mass is 16.5. The highest BCUT2D eigenvalue weighted by molar-refractivity contribution is 6.04. The number of benzene rings is 1. The molecule has 1 N–H and O–H groups in total. The number of rotatable bonds is 7. The lowest BCUT2D eigenvalue weighted by molar-refractivity contribution is -0.155. The molecule has 0 radical (unpaired) electrons. The number of hydrogen-bond acceptors (Lipinski definition) is 5. The average molecular weight is 536 g/mol. The Morgan fingerprint density at radius 3 is 2.31 bits per heavy atom. The Balaban J connectivity index is 1.63. The van der Waals surface area contributed by atoms with Crippen LogP contribution in [0.1, 0.15) is 53.4 Å². The van der Waals surface area contributed by atoms with E-state index in [1.807, 2.05) is 87.2 Å². The van der Waals surface area contributed by atoms with Crippen molar-refractivity contribution in [2.75, 3.05) is 31.1 Å². The Morgan fingerprint density at radius 1 is 0.923 bits per heavy atom. The normalized spacial score (nSPS) is 32.3. The zero-order valence-electron chi connectivity index (χ0n) is 23.5. The average Bonchev–Trinajstić information content (AvgIpc) is 3.18. The quantitative estimate of drug-likeness (QED) is 0.427. The third-order valence-electron chi connectivity index (χ3n) is 8.87. The first-order valence-electron chi connectivity index (χ1n) is 14.3. The molecule has 1 unspecified atom stereocenters. The monoisotopic (exact) mass is 535 g/mol. The summed E-state index contributed by atoms with van der Waals surface area (Å²) in [6.07, 6.45) is 10.3. The van der Waals surface area contributed by atoms with Crippen molar-refractivity contribution in [2.45, 2.75) is 76.2 Å². The van der Waals surface area contributed by atoms with Crippen molar-refractivity contribution >= 4 is 23.4 Å². The van der Waals surface area contributed by atoms with Crippen LogP contribution in [0.15, 0.2) is 54.6 Å². The summed E-state index contributed by atoms with van der Waals surface area (Å²) >= 11 is 0. The van der Waals surface area contributed by atoms with Gasteiger partial charge in [0, 0.05) is 37.5 Å². The first-order valence-corrected chi connectivity index (χ1v) is 14.3. The second-order valence-electron chi connectivity index (χ2n) is 12.1. The maximum absolute atomic E-state index is 14.4. The van der Waals surface area contributed by atoms with Crippen LogP contribution in [0.5, 0.6) is 0 Å². The number of nitrogens with zero attached hydrogens (tertiary/aromatic N) is 3. The van der Waals surface area contributed by atoms with Crippen LogP contribution in [0.3, 0.4) is 0 Å². The van der Waals surface area contributed by atoms with E-state index in [1.54, 1.807) is 9.80 Å². The lowest BCUT2D eigenvalue weighted by Gasteiger charge is -2.41. The van der Waals surface area contributed by atoms with E-state index >= 15 is 0 Å². The molecule has 4 aliphatic heterocycles. The van der Waals surface area contributed by atoms with E-state index in [2.05, 4.69) is 0 Å². The molecule has 0 aromatic heterocycles. The van der Waals surface area contributed by atoms with Gasteiger partial charge in [-0.1, -0.05) is 49.4 Å². The second-order valence-corrected chi connectivity index (χ2v) is 12.1. The molecule has 0 bridgehead atoms. The highest BCUT2D eigenvalue weighted by Crippen LogP contribution is 2.58. The van der Waals surface area contributed by atoms with Gasteiger partial charge in [-0.25, -0.2) is 0 Å². The SMILES string of the molecule is CC[C@]12C=CCN(c3ccccc3)C(=O)[C@H]1[C@H]1C(=O)N(CCCCCO)C3C(=O)N(C(C)(C)C)CC=C[C@@]31O2. The van der Waals surface area contributed by atoms with Crippen molar-refractivity contribution < 1.29 is 24.2 Å². The Morgan fingerprint density at radius 2 is 1.64 bits per heavy atom. The number of amides is 3. The summed E-state index contributed by atoms with van der Waals surface area (Å²) in [5, 5.41) is 9.27. The summed E-state index contributed by atoms with van der Waals surface area (Å²) in [5.74, 6) is -2.08. The molecule has 5 rings (SSSR count). The van der Waals surface area contributed by atoms with Crippen LogP contribution < -0.4 is 4.90 Å². The minimum absolute atomic E-state index is 0.0871. The van der Waals surface area contributed by atoms with E-state index in [0.29, 0.717) is 38.9 Å². The van der Waals surface area contributed by atoms with Crippen molar-refractivity contribution in [1.82, 2.24) is 9.80 Å². The summed E-state index contributed by atoms with van der Waals surface area (Å²) in [7, 11) is 0. The third kappa shape index (κ3) is 4.32. The molecule has 2 fully saturated rings. The van der Waals surface area contributed by atoms with Gasteiger partial charge in [0.05, 0.1) is 17.4 Å². The molecule has 0 saturated carbocycles. The number of carbonyl (C=O) groups is 3. The molecule has 39 heavy (non-hydrogen) atoms. The first kappa shape index (κ1) is 27.6. The fourth-order valence-electron chi connectivity index (χ4n) is 7.01.